The van der Waals surface area contributed by atoms with Crippen LogP contribution < -0.4 is 0 Å². The van der Waals surface area contributed by atoms with E-state index in [0.717, 1.165) is 0 Å². The second kappa shape index (κ2) is 8.40. The minimum Gasteiger partial charge on any atom is -0.459 e. The number of rotatable bonds is 8. The Morgan fingerprint density at radius 3 is 2.10 bits per heavy atom. The van der Waals surface area contributed by atoms with Crippen molar-refractivity contribution in [3.63, 3.8) is 0 Å². The average molecular weight is 302 g/mol. The SMILES string of the molecule is CC(CO)COC(=O)c1ccc(C(=O)OCC(O)CO)o1. The van der Waals surface area contributed by atoms with E-state index < -0.39 is 24.6 Å². The molecule has 0 amide bonds. The van der Waals surface area contributed by atoms with Gasteiger partial charge in [-0.15, -0.1) is 0 Å². The van der Waals surface area contributed by atoms with Crippen LogP contribution in [0.5, 0.6) is 0 Å². The van der Waals surface area contributed by atoms with Crippen LogP contribution in [-0.2, 0) is 9.47 Å². The summed E-state index contributed by atoms with van der Waals surface area (Å²) in [5, 5.41) is 26.4. The first-order valence-electron chi connectivity index (χ1n) is 6.31. The monoisotopic (exact) mass is 302 g/mol. The lowest BCUT2D eigenvalue weighted by molar-refractivity contribution is 0.00680. The van der Waals surface area contributed by atoms with Crippen LogP contribution in [0.4, 0.5) is 0 Å². The van der Waals surface area contributed by atoms with E-state index in [2.05, 4.69) is 4.74 Å². The van der Waals surface area contributed by atoms with Crippen molar-refractivity contribution in [1.82, 2.24) is 0 Å². The molecule has 118 valence electrons. The van der Waals surface area contributed by atoms with Gasteiger partial charge in [0.1, 0.15) is 12.7 Å². The van der Waals surface area contributed by atoms with Crippen molar-refractivity contribution in [1.29, 1.82) is 0 Å². The van der Waals surface area contributed by atoms with Gasteiger partial charge < -0.3 is 29.2 Å². The molecule has 1 aromatic rings. The molecule has 2 unspecified atom stereocenters. The Balaban J connectivity index is 2.52. The Bertz CT molecular complexity index is 426. The van der Waals surface area contributed by atoms with E-state index in [1.54, 1.807) is 6.92 Å². The Kier molecular flexibility index (Phi) is 6.86. The molecular weight excluding hydrogens is 284 g/mol. The van der Waals surface area contributed by atoms with Gasteiger partial charge in [0.15, 0.2) is 0 Å². The fourth-order valence-corrected chi connectivity index (χ4v) is 1.19. The van der Waals surface area contributed by atoms with E-state index in [1.807, 2.05) is 0 Å². The van der Waals surface area contributed by atoms with E-state index in [9.17, 15) is 9.59 Å². The molecule has 0 aliphatic heterocycles. The van der Waals surface area contributed by atoms with Gasteiger partial charge in [0.25, 0.3) is 0 Å². The largest absolute Gasteiger partial charge is 0.459 e. The highest BCUT2D eigenvalue weighted by Gasteiger charge is 2.19. The van der Waals surface area contributed by atoms with Gasteiger partial charge in [0.05, 0.1) is 13.2 Å². The van der Waals surface area contributed by atoms with Gasteiger partial charge in [-0.2, -0.15) is 0 Å². The van der Waals surface area contributed by atoms with Crippen molar-refractivity contribution in [2.75, 3.05) is 26.4 Å². The summed E-state index contributed by atoms with van der Waals surface area (Å²) in [4.78, 5) is 23.1. The fourth-order valence-electron chi connectivity index (χ4n) is 1.19. The minimum atomic E-state index is -1.17. The highest BCUT2D eigenvalue weighted by Crippen LogP contribution is 2.11. The topological polar surface area (TPSA) is 126 Å². The van der Waals surface area contributed by atoms with Crippen molar-refractivity contribution in [3.05, 3.63) is 23.7 Å². The van der Waals surface area contributed by atoms with Crippen molar-refractivity contribution in [3.8, 4) is 0 Å². The Morgan fingerprint density at radius 2 is 1.62 bits per heavy atom. The molecule has 1 heterocycles. The average Bonchev–Trinajstić information content (AvgIpc) is 2.99. The summed E-state index contributed by atoms with van der Waals surface area (Å²) < 4.78 is 14.5. The predicted molar refractivity (Wildman–Crippen MR) is 68.6 cm³/mol. The highest BCUT2D eigenvalue weighted by molar-refractivity contribution is 5.90. The predicted octanol–water partition coefficient (Wildman–Crippen LogP) is -0.425. The molecule has 0 saturated carbocycles. The molecule has 21 heavy (non-hydrogen) atoms. The first-order valence-corrected chi connectivity index (χ1v) is 6.31. The molecule has 0 bridgehead atoms. The van der Waals surface area contributed by atoms with Gasteiger partial charge >= 0.3 is 11.9 Å². The third-order valence-electron chi connectivity index (χ3n) is 2.44. The molecule has 0 saturated heterocycles. The molecule has 8 nitrogen and oxygen atoms in total. The molecular formula is C13H18O8. The summed E-state index contributed by atoms with van der Waals surface area (Å²) in [6.45, 7) is 0.690. The molecule has 1 rings (SSSR count). The lowest BCUT2D eigenvalue weighted by atomic mass is 10.2. The van der Waals surface area contributed by atoms with Gasteiger partial charge in [-0.05, 0) is 12.1 Å². The number of aliphatic hydroxyl groups is 3. The highest BCUT2D eigenvalue weighted by atomic mass is 16.6. The number of carbonyl (C=O) groups is 2. The van der Waals surface area contributed by atoms with E-state index in [4.69, 9.17) is 24.5 Å². The normalized spacial score (nSPS) is 13.5. The van der Waals surface area contributed by atoms with Crippen LogP contribution in [0.15, 0.2) is 16.5 Å². The summed E-state index contributed by atoms with van der Waals surface area (Å²) in [5.74, 6) is -2.22. The van der Waals surface area contributed by atoms with E-state index in [1.165, 1.54) is 12.1 Å². The number of hydrogen-bond donors (Lipinski definition) is 3. The zero-order valence-corrected chi connectivity index (χ0v) is 11.5. The van der Waals surface area contributed by atoms with Crippen LogP contribution in [0.25, 0.3) is 0 Å². The molecule has 0 aliphatic rings. The molecule has 0 spiro atoms. The van der Waals surface area contributed by atoms with Crippen LogP contribution in [0, 0.1) is 5.92 Å². The van der Waals surface area contributed by atoms with Crippen LogP contribution >= 0.6 is 0 Å². The molecule has 2 atom stereocenters. The maximum absolute atomic E-state index is 11.6. The summed E-state index contributed by atoms with van der Waals surface area (Å²) in [7, 11) is 0. The number of aliphatic hydroxyl groups excluding tert-OH is 3. The molecule has 0 fully saturated rings. The summed E-state index contributed by atoms with van der Waals surface area (Å²) >= 11 is 0. The van der Waals surface area contributed by atoms with Crippen molar-refractivity contribution < 1.29 is 38.8 Å². The van der Waals surface area contributed by atoms with Gasteiger partial charge in [-0.3, -0.25) is 0 Å². The van der Waals surface area contributed by atoms with Crippen LogP contribution in [0.1, 0.15) is 28.0 Å². The Hall–Kier alpha value is -1.90. The fraction of sp³-hybridized carbons (Fsp3) is 0.538. The number of carbonyl (C=O) groups excluding carboxylic acids is 2. The third-order valence-corrected chi connectivity index (χ3v) is 2.44. The first kappa shape index (κ1) is 17.2. The third kappa shape index (κ3) is 5.54. The van der Waals surface area contributed by atoms with Crippen LogP contribution in [0.2, 0.25) is 0 Å². The summed E-state index contributed by atoms with van der Waals surface area (Å²) in [5.41, 5.74) is 0. The molecule has 8 heteroatoms. The quantitative estimate of drug-likeness (QED) is 0.552. The second-order valence-corrected chi connectivity index (χ2v) is 4.48. The Morgan fingerprint density at radius 1 is 1.10 bits per heavy atom. The molecule has 0 radical (unpaired) electrons. The molecule has 0 aromatic carbocycles. The zero-order chi connectivity index (χ0) is 15.8. The van der Waals surface area contributed by atoms with Crippen molar-refractivity contribution in [2.24, 2.45) is 5.92 Å². The first-order chi connectivity index (χ1) is 9.97. The van der Waals surface area contributed by atoms with Gasteiger partial charge in [-0.1, -0.05) is 6.92 Å². The van der Waals surface area contributed by atoms with E-state index in [0.29, 0.717) is 0 Å². The number of hydrogen-bond acceptors (Lipinski definition) is 8. The van der Waals surface area contributed by atoms with Gasteiger partial charge in [0.2, 0.25) is 11.5 Å². The van der Waals surface area contributed by atoms with E-state index in [-0.39, 0.29) is 37.3 Å². The van der Waals surface area contributed by atoms with Gasteiger partial charge in [-0.25, -0.2) is 9.59 Å². The molecule has 0 aliphatic carbocycles. The zero-order valence-electron chi connectivity index (χ0n) is 11.5. The molecule has 3 N–H and O–H groups in total. The second-order valence-electron chi connectivity index (χ2n) is 4.48. The summed E-state index contributed by atoms with van der Waals surface area (Å²) in [6.07, 6.45) is -1.17. The number of ether oxygens (including phenoxy) is 2. The molecule has 1 aromatic heterocycles. The maximum atomic E-state index is 11.6. The van der Waals surface area contributed by atoms with Crippen molar-refractivity contribution in [2.45, 2.75) is 13.0 Å². The minimum absolute atomic E-state index is 0.0263. The smallest absolute Gasteiger partial charge is 0.374 e. The van der Waals surface area contributed by atoms with Gasteiger partial charge in [0, 0.05) is 12.5 Å². The summed E-state index contributed by atoms with van der Waals surface area (Å²) in [6, 6.07) is 2.49. The van der Waals surface area contributed by atoms with Crippen molar-refractivity contribution >= 4 is 11.9 Å². The number of furan rings is 1. The Labute approximate surface area is 120 Å². The lowest BCUT2D eigenvalue weighted by Gasteiger charge is -2.08. The van der Waals surface area contributed by atoms with Crippen LogP contribution in [-0.4, -0.2) is 59.8 Å². The maximum Gasteiger partial charge on any atom is 0.374 e. The standard InChI is InChI=1S/C13H18O8/c1-8(4-14)6-19-12(17)10-2-3-11(21-10)13(18)20-7-9(16)5-15/h2-3,8-9,14-16H,4-7H2,1H3. The van der Waals surface area contributed by atoms with Crippen LogP contribution in [0.3, 0.4) is 0 Å². The lowest BCUT2D eigenvalue weighted by Crippen LogP contribution is -2.21. The van der Waals surface area contributed by atoms with E-state index >= 15 is 0 Å². The number of esters is 2.